The van der Waals surface area contributed by atoms with Crippen molar-refractivity contribution in [2.24, 2.45) is 0 Å². The highest BCUT2D eigenvalue weighted by atomic mass is 32.2. The zero-order valence-electron chi connectivity index (χ0n) is 26.5. The van der Waals surface area contributed by atoms with Gasteiger partial charge in [-0.1, -0.05) is 121 Å². The molecule has 5 heterocycles. The average molecular weight is 647 g/mol. The van der Waals surface area contributed by atoms with Gasteiger partial charge in [-0.05, 0) is 77.4 Å². The molecule has 5 heteroatoms. The van der Waals surface area contributed by atoms with E-state index in [2.05, 4.69) is 174 Å². The van der Waals surface area contributed by atoms with Gasteiger partial charge in [-0.25, -0.2) is 9.97 Å². The van der Waals surface area contributed by atoms with Crippen LogP contribution in [-0.4, -0.2) is 19.9 Å². The Hall–Kier alpha value is -6.17. The van der Waals surface area contributed by atoms with Gasteiger partial charge in [0.25, 0.3) is 0 Å². The number of H-pyrrole nitrogens is 2. The number of fused-ring (bicyclic) bond motifs is 8. The van der Waals surface area contributed by atoms with Crippen molar-refractivity contribution in [2.45, 2.75) is 9.79 Å². The molecular weight excluding hydrogens is 617 g/mol. The van der Waals surface area contributed by atoms with Crippen LogP contribution in [0.1, 0.15) is 22.8 Å². The van der Waals surface area contributed by atoms with E-state index < -0.39 is 0 Å². The molecule has 0 amide bonds. The second-order valence-corrected chi connectivity index (χ2v) is 13.1. The van der Waals surface area contributed by atoms with Crippen molar-refractivity contribution in [3.05, 3.63) is 168 Å². The van der Waals surface area contributed by atoms with Crippen LogP contribution in [0.4, 0.5) is 0 Å². The first-order valence-corrected chi connectivity index (χ1v) is 17.2. The molecule has 2 aliphatic heterocycles. The predicted octanol–water partition coefficient (Wildman–Crippen LogP) is 11.8. The lowest BCUT2D eigenvalue weighted by Crippen LogP contribution is -1.89. The summed E-state index contributed by atoms with van der Waals surface area (Å²) in [6.45, 7) is 0. The summed E-state index contributed by atoms with van der Waals surface area (Å²) in [4.78, 5) is 20.5. The highest BCUT2D eigenvalue weighted by Crippen LogP contribution is 2.39. The van der Waals surface area contributed by atoms with E-state index in [-0.39, 0.29) is 0 Å². The number of hydrogen-bond donors (Lipinski definition) is 2. The zero-order chi connectivity index (χ0) is 32.6. The van der Waals surface area contributed by atoms with E-state index in [1.165, 1.54) is 0 Å². The van der Waals surface area contributed by atoms with Gasteiger partial charge < -0.3 is 9.97 Å². The molecular formula is C44H30N4S. The van der Waals surface area contributed by atoms with Gasteiger partial charge >= 0.3 is 0 Å². The minimum absolute atomic E-state index is 0.906. The van der Waals surface area contributed by atoms with Crippen molar-refractivity contribution in [3.63, 3.8) is 0 Å². The molecule has 49 heavy (non-hydrogen) atoms. The van der Waals surface area contributed by atoms with Crippen molar-refractivity contribution in [3.8, 4) is 33.4 Å². The average Bonchev–Trinajstić information content (AvgIpc) is 3.99. The third-order valence-electron chi connectivity index (χ3n) is 8.86. The molecule has 0 fully saturated rings. The lowest BCUT2D eigenvalue weighted by Gasteiger charge is -2.06. The number of aromatic amines is 2. The van der Waals surface area contributed by atoms with Crippen LogP contribution >= 0.6 is 11.8 Å². The van der Waals surface area contributed by atoms with E-state index in [0.717, 1.165) is 88.0 Å². The molecule has 8 bridgehead atoms. The summed E-state index contributed by atoms with van der Waals surface area (Å²) < 4.78 is 0. The molecule has 0 spiro atoms. The van der Waals surface area contributed by atoms with E-state index in [1.54, 1.807) is 11.8 Å². The fourth-order valence-corrected chi connectivity index (χ4v) is 7.60. The maximum absolute atomic E-state index is 5.35. The van der Waals surface area contributed by atoms with E-state index in [9.17, 15) is 0 Å². The van der Waals surface area contributed by atoms with Crippen LogP contribution in [0.2, 0.25) is 0 Å². The lowest BCUT2D eigenvalue weighted by molar-refractivity contribution is 1.24. The summed E-state index contributed by atoms with van der Waals surface area (Å²) in [5.74, 6) is 0. The Morgan fingerprint density at radius 3 is 1.14 bits per heavy atom. The van der Waals surface area contributed by atoms with Crippen molar-refractivity contribution in [1.82, 2.24) is 19.9 Å². The first-order valence-electron chi connectivity index (χ1n) is 16.3. The molecule has 0 saturated carbocycles. The number of nitrogens with one attached hydrogen (secondary N) is 2. The predicted molar refractivity (Wildman–Crippen MR) is 206 cm³/mol. The number of nitrogens with zero attached hydrogens (tertiary/aromatic N) is 2. The molecule has 2 aliphatic rings. The molecule has 4 nitrogen and oxygen atoms in total. The lowest BCUT2D eigenvalue weighted by atomic mass is 10.0. The van der Waals surface area contributed by atoms with Crippen LogP contribution in [0.25, 0.3) is 79.8 Å². The Balaban J connectivity index is 1.45. The summed E-state index contributed by atoms with van der Waals surface area (Å²) in [6.07, 6.45) is 8.55. The van der Waals surface area contributed by atoms with Gasteiger partial charge in [-0.2, -0.15) is 0 Å². The SMILES string of the molecule is C1=Cc2nc1c(Sc1ccccc1)c1ccc([nH]1)c(-c1ccccc1)c1nc(c(-c3ccccc3)c3ccc([nH]3)c2-c2ccccc2)C=C1. The number of rotatable bonds is 5. The van der Waals surface area contributed by atoms with Gasteiger partial charge in [0.1, 0.15) is 0 Å². The zero-order valence-corrected chi connectivity index (χ0v) is 27.3. The number of hydrogen-bond acceptors (Lipinski definition) is 3. The van der Waals surface area contributed by atoms with Gasteiger partial charge in [0.15, 0.2) is 0 Å². The topological polar surface area (TPSA) is 57.4 Å². The van der Waals surface area contributed by atoms with Crippen LogP contribution in [0.5, 0.6) is 0 Å². The Labute approximate surface area is 288 Å². The summed E-state index contributed by atoms with van der Waals surface area (Å²) in [5.41, 5.74) is 14.0. The maximum atomic E-state index is 5.35. The third kappa shape index (κ3) is 5.50. The summed E-state index contributed by atoms with van der Waals surface area (Å²) >= 11 is 1.72. The number of aromatic nitrogens is 4. The quantitative estimate of drug-likeness (QED) is 0.196. The Bertz CT molecular complexity index is 2510. The minimum Gasteiger partial charge on any atom is -0.354 e. The molecule has 0 atom stereocenters. The largest absolute Gasteiger partial charge is 0.354 e. The second-order valence-electron chi connectivity index (χ2n) is 12.0. The molecule has 232 valence electrons. The molecule has 2 N–H and O–H groups in total. The first kappa shape index (κ1) is 29.0. The van der Waals surface area contributed by atoms with Crippen LogP contribution in [0, 0.1) is 0 Å². The first-order chi connectivity index (χ1) is 24.3. The van der Waals surface area contributed by atoms with E-state index in [1.807, 2.05) is 6.07 Å². The van der Waals surface area contributed by atoms with Gasteiger partial charge in [-0.15, -0.1) is 0 Å². The fourth-order valence-electron chi connectivity index (χ4n) is 6.62. The maximum Gasteiger partial charge on any atom is 0.0798 e. The molecule has 0 saturated heterocycles. The Morgan fingerprint density at radius 2 is 0.694 bits per heavy atom. The molecule has 9 rings (SSSR count). The fraction of sp³-hybridized carbons (Fsp3) is 0. The molecule has 7 aromatic rings. The monoisotopic (exact) mass is 646 g/mol. The minimum atomic E-state index is 0.906. The smallest absolute Gasteiger partial charge is 0.0798 e. The van der Waals surface area contributed by atoms with Crippen LogP contribution in [0.15, 0.2) is 155 Å². The highest BCUT2D eigenvalue weighted by Gasteiger charge is 2.18. The molecule has 0 aliphatic carbocycles. The van der Waals surface area contributed by atoms with Crippen molar-refractivity contribution in [2.75, 3.05) is 0 Å². The third-order valence-corrected chi connectivity index (χ3v) is 10.00. The van der Waals surface area contributed by atoms with Crippen molar-refractivity contribution < 1.29 is 0 Å². The Kier molecular flexibility index (Phi) is 7.37. The second kappa shape index (κ2) is 12.5. The molecule has 0 unspecified atom stereocenters. The van der Waals surface area contributed by atoms with E-state index in [0.29, 0.717) is 0 Å². The summed E-state index contributed by atoms with van der Waals surface area (Å²) in [5, 5.41) is 0. The molecule has 3 aromatic heterocycles. The molecule has 0 radical (unpaired) electrons. The van der Waals surface area contributed by atoms with Gasteiger partial charge in [0.05, 0.1) is 33.2 Å². The van der Waals surface area contributed by atoms with E-state index in [4.69, 9.17) is 9.97 Å². The summed E-state index contributed by atoms with van der Waals surface area (Å²) in [7, 11) is 0. The van der Waals surface area contributed by atoms with Crippen LogP contribution in [-0.2, 0) is 0 Å². The summed E-state index contributed by atoms with van der Waals surface area (Å²) in [6, 6.07) is 50.7. The molecule has 4 aromatic carbocycles. The van der Waals surface area contributed by atoms with Gasteiger partial charge in [0.2, 0.25) is 0 Å². The standard InChI is InChI=1S/C44H30N4S/c1-5-13-29(14-6-1)41-33-21-23-35(45-33)42(30-15-7-2-8-16-30)37-25-27-39(47-37)44(49-32-19-11-4-12-20-32)40-28-26-38(48-40)43(31-17-9-3-10-18-31)36-24-22-34(41)46-36/h1-28,45,48H. The van der Waals surface area contributed by atoms with Crippen LogP contribution in [0.3, 0.4) is 0 Å². The van der Waals surface area contributed by atoms with Crippen LogP contribution < -0.4 is 0 Å². The Morgan fingerprint density at radius 1 is 0.347 bits per heavy atom. The highest BCUT2D eigenvalue weighted by molar-refractivity contribution is 7.99. The van der Waals surface area contributed by atoms with Crippen molar-refractivity contribution in [1.29, 1.82) is 0 Å². The van der Waals surface area contributed by atoms with Gasteiger partial charge in [0, 0.05) is 38.1 Å². The van der Waals surface area contributed by atoms with Crippen molar-refractivity contribution >= 4 is 58.1 Å². The van der Waals surface area contributed by atoms with Gasteiger partial charge in [-0.3, -0.25) is 0 Å². The normalized spacial score (nSPS) is 12.0. The number of benzene rings is 4. The van der Waals surface area contributed by atoms with E-state index >= 15 is 0 Å².